The molecule has 1 aliphatic heterocycles. The molecule has 1 aromatic rings. The maximum Gasteiger partial charge on any atom is 0.191 e. The van der Waals surface area contributed by atoms with Crippen LogP contribution in [0.3, 0.4) is 0 Å². The summed E-state index contributed by atoms with van der Waals surface area (Å²) < 4.78 is 1.18. The number of nitrogens with zero attached hydrogens (tertiary/aromatic N) is 2. The predicted octanol–water partition coefficient (Wildman–Crippen LogP) is 3.81. The Morgan fingerprint density at radius 2 is 2.17 bits per heavy atom. The third-order valence-electron chi connectivity index (χ3n) is 4.71. The third kappa shape index (κ3) is 5.57. The predicted molar refractivity (Wildman–Crippen MR) is 113 cm³/mol. The van der Waals surface area contributed by atoms with E-state index in [-0.39, 0.29) is 24.0 Å². The number of guanidine groups is 1. The van der Waals surface area contributed by atoms with Gasteiger partial charge in [-0.25, -0.2) is 0 Å². The van der Waals surface area contributed by atoms with E-state index in [9.17, 15) is 0 Å². The third-order valence-corrected chi connectivity index (χ3v) is 6.26. The minimum absolute atomic E-state index is 0. The Balaban J connectivity index is 0.00000192. The summed E-state index contributed by atoms with van der Waals surface area (Å²) in [7, 11) is 1.85. The molecule has 1 saturated carbocycles. The van der Waals surface area contributed by atoms with Crippen molar-refractivity contribution >= 4 is 57.2 Å². The summed E-state index contributed by atoms with van der Waals surface area (Å²) in [6, 6.07) is 3.52. The standard InChI is InChI=1S/C16H25BrN4S.HI/c1-18-16(19-9-12-8-15(17)22-11-12)20-13-6-7-21(10-13)14-4-2-3-5-14;/h8,11,13-14H,2-7,9-10H2,1H3,(H2,18,19,20);1H. The molecular formula is C16H26BrIN4S. The Morgan fingerprint density at radius 1 is 1.39 bits per heavy atom. The summed E-state index contributed by atoms with van der Waals surface area (Å²) >= 11 is 5.23. The molecule has 0 radical (unpaired) electrons. The normalized spacial score (nSPS) is 23.0. The summed E-state index contributed by atoms with van der Waals surface area (Å²) in [5.74, 6) is 0.917. The van der Waals surface area contributed by atoms with Crippen molar-refractivity contribution in [3.63, 3.8) is 0 Å². The summed E-state index contributed by atoms with van der Waals surface area (Å²) in [6.45, 7) is 3.22. The first kappa shape index (κ1) is 19.5. The number of rotatable bonds is 4. The van der Waals surface area contributed by atoms with Crippen LogP contribution in [0.2, 0.25) is 0 Å². The molecule has 0 bridgehead atoms. The van der Waals surface area contributed by atoms with Crippen LogP contribution in [0.1, 0.15) is 37.7 Å². The van der Waals surface area contributed by atoms with E-state index in [2.05, 4.69) is 47.9 Å². The van der Waals surface area contributed by atoms with Crippen LogP contribution in [0.15, 0.2) is 20.2 Å². The number of likely N-dealkylation sites (tertiary alicyclic amines) is 1. The molecule has 2 heterocycles. The van der Waals surface area contributed by atoms with Gasteiger partial charge in [-0.15, -0.1) is 35.3 Å². The Labute approximate surface area is 168 Å². The highest BCUT2D eigenvalue weighted by atomic mass is 127. The zero-order chi connectivity index (χ0) is 15.4. The summed E-state index contributed by atoms with van der Waals surface area (Å²) in [5, 5.41) is 9.17. The van der Waals surface area contributed by atoms with Crippen molar-refractivity contribution < 1.29 is 0 Å². The van der Waals surface area contributed by atoms with E-state index in [1.807, 2.05) is 7.05 Å². The van der Waals surface area contributed by atoms with Crippen LogP contribution in [0, 0.1) is 0 Å². The fourth-order valence-corrected chi connectivity index (χ4v) is 4.73. The number of aliphatic imine (C=N–C) groups is 1. The topological polar surface area (TPSA) is 39.7 Å². The van der Waals surface area contributed by atoms with E-state index in [1.165, 1.54) is 48.0 Å². The van der Waals surface area contributed by atoms with E-state index in [0.717, 1.165) is 25.1 Å². The lowest BCUT2D eigenvalue weighted by Crippen LogP contribution is -2.45. The molecule has 1 aliphatic carbocycles. The van der Waals surface area contributed by atoms with Gasteiger partial charge in [0, 0.05) is 38.8 Å². The van der Waals surface area contributed by atoms with E-state index in [0.29, 0.717) is 6.04 Å². The number of thiophene rings is 1. The van der Waals surface area contributed by atoms with Gasteiger partial charge in [0.15, 0.2) is 5.96 Å². The molecule has 4 nitrogen and oxygen atoms in total. The fourth-order valence-electron chi connectivity index (χ4n) is 3.52. The van der Waals surface area contributed by atoms with Crippen molar-refractivity contribution in [1.29, 1.82) is 0 Å². The summed E-state index contributed by atoms with van der Waals surface area (Å²) in [4.78, 5) is 7.04. The molecule has 2 aliphatic rings. The van der Waals surface area contributed by atoms with Gasteiger partial charge in [-0.05, 0) is 52.2 Å². The molecule has 0 spiro atoms. The first-order valence-electron chi connectivity index (χ1n) is 8.19. The molecule has 130 valence electrons. The fraction of sp³-hybridized carbons (Fsp3) is 0.688. The van der Waals surface area contributed by atoms with Gasteiger partial charge < -0.3 is 10.6 Å². The molecule has 23 heavy (non-hydrogen) atoms. The maximum absolute atomic E-state index is 4.36. The molecule has 1 aromatic heterocycles. The Bertz CT molecular complexity index is 516. The highest BCUT2D eigenvalue weighted by Gasteiger charge is 2.30. The first-order chi connectivity index (χ1) is 10.7. The number of hydrogen-bond acceptors (Lipinski definition) is 3. The second kappa shape index (κ2) is 9.58. The smallest absolute Gasteiger partial charge is 0.191 e. The largest absolute Gasteiger partial charge is 0.352 e. The highest BCUT2D eigenvalue weighted by Crippen LogP contribution is 2.26. The van der Waals surface area contributed by atoms with Crippen molar-refractivity contribution in [3.05, 3.63) is 20.8 Å². The van der Waals surface area contributed by atoms with Crippen molar-refractivity contribution in [2.75, 3.05) is 20.1 Å². The molecule has 1 saturated heterocycles. The lowest BCUT2D eigenvalue weighted by molar-refractivity contribution is 0.242. The SMILES string of the molecule is CN=C(NCc1csc(Br)c1)NC1CCN(C2CCCC2)C1.I. The second-order valence-corrected chi connectivity index (χ2v) is 8.54. The summed E-state index contributed by atoms with van der Waals surface area (Å²) in [5.41, 5.74) is 1.29. The van der Waals surface area contributed by atoms with Crippen LogP contribution < -0.4 is 10.6 Å². The molecule has 2 fully saturated rings. The molecule has 1 unspecified atom stereocenters. The minimum atomic E-state index is 0. The second-order valence-electron chi connectivity index (χ2n) is 6.25. The van der Waals surface area contributed by atoms with E-state index in [1.54, 1.807) is 11.3 Å². The van der Waals surface area contributed by atoms with Crippen molar-refractivity contribution in [2.45, 2.75) is 50.7 Å². The van der Waals surface area contributed by atoms with Gasteiger partial charge >= 0.3 is 0 Å². The van der Waals surface area contributed by atoms with E-state index >= 15 is 0 Å². The van der Waals surface area contributed by atoms with E-state index in [4.69, 9.17) is 0 Å². The van der Waals surface area contributed by atoms with Crippen molar-refractivity contribution in [3.8, 4) is 0 Å². The molecule has 0 amide bonds. The summed E-state index contributed by atoms with van der Waals surface area (Å²) in [6.07, 6.45) is 6.85. The number of hydrogen-bond donors (Lipinski definition) is 2. The Kier molecular flexibility index (Phi) is 8.11. The highest BCUT2D eigenvalue weighted by molar-refractivity contribution is 14.0. The van der Waals surface area contributed by atoms with Gasteiger partial charge in [0.25, 0.3) is 0 Å². The lowest BCUT2D eigenvalue weighted by atomic mass is 10.2. The number of halogens is 2. The molecule has 1 atom stereocenters. The molecule has 7 heteroatoms. The molecule has 2 N–H and O–H groups in total. The van der Waals surface area contributed by atoms with Gasteiger partial charge in [-0.1, -0.05) is 12.8 Å². The van der Waals surface area contributed by atoms with Crippen LogP contribution in [0.25, 0.3) is 0 Å². The van der Waals surface area contributed by atoms with Gasteiger partial charge in [-0.2, -0.15) is 0 Å². The van der Waals surface area contributed by atoms with Gasteiger partial charge in [0.2, 0.25) is 0 Å². The Hall–Kier alpha value is 0.140. The van der Waals surface area contributed by atoms with Crippen LogP contribution in [-0.2, 0) is 6.54 Å². The quantitative estimate of drug-likeness (QED) is 0.366. The van der Waals surface area contributed by atoms with Gasteiger partial charge in [0.1, 0.15) is 0 Å². The number of nitrogens with one attached hydrogen (secondary N) is 2. The Morgan fingerprint density at radius 3 is 2.83 bits per heavy atom. The zero-order valence-electron chi connectivity index (χ0n) is 13.6. The van der Waals surface area contributed by atoms with Crippen LogP contribution in [0.4, 0.5) is 0 Å². The van der Waals surface area contributed by atoms with Gasteiger partial charge in [-0.3, -0.25) is 9.89 Å². The minimum Gasteiger partial charge on any atom is -0.352 e. The van der Waals surface area contributed by atoms with Crippen molar-refractivity contribution in [2.24, 2.45) is 4.99 Å². The average molecular weight is 513 g/mol. The van der Waals surface area contributed by atoms with Crippen LogP contribution in [0.5, 0.6) is 0 Å². The molecule has 0 aromatic carbocycles. The van der Waals surface area contributed by atoms with Crippen LogP contribution >= 0.6 is 51.2 Å². The monoisotopic (exact) mass is 512 g/mol. The van der Waals surface area contributed by atoms with Crippen molar-refractivity contribution in [1.82, 2.24) is 15.5 Å². The molecular weight excluding hydrogens is 487 g/mol. The van der Waals surface area contributed by atoms with Gasteiger partial charge in [0.05, 0.1) is 3.79 Å². The van der Waals surface area contributed by atoms with Crippen LogP contribution in [-0.4, -0.2) is 43.1 Å². The lowest BCUT2D eigenvalue weighted by Gasteiger charge is -2.24. The first-order valence-corrected chi connectivity index (χ1v) is 9.86. The maximum atomic E-state index is 4.36. The zero-order valence-corrected chi connectivity index (χ0v) is 18.3. The van der Waals surface area contributed by atoms with E-state index < -0.39 is 0 Å². The average Bonchev–Trinajstić information content (AvgIpc) is 3.24. The molecule has 3 rings (SSSR count).